The number of carbonyl (C=O) groups is 1. The molecule has 0 saturated carbocycles. The van der Waals surface area contributed by atoms with Crippen molar-refractivity contribution in [3.63, 3.8) is 0 Å². The summed E-state index contributed by atoms with van der Waals surface area (Å²) in [4.78, 5) is 10.7. The Morgan fingerprint density at radius 1 is 1.16 bits per heavy atom. The van der Waals surface area contributed by atoms with Crippen LogP contribution in [0.5, 0.6) is 5.75 Å². The number of hydrogen-bond acceptors (Lipinski definition) is 4. The summed E-state index contributed by atoms with van der Waals surface area (Å²) >= 11 is 0. The fourth-order valence-electron chi connectivity index (χ4n) is 1.40. The van der Waals surface area contributed by atoms with Gasteiger partial charge in [0.25, 0.3) is 0 Å². The fraction of sp³-hybridized carbons (Fsp3) is 0.154. The monoisotopic (exact) mass is 285 g/mol. The summed E-state index contributed by atoms with van der Waals surface area (Å²) < 4.78 is 0. The quantitative estimate of drug-likeness (QED) is 0.671. The Morgan fingerprint density at radius 2 is 1.63 bits per heavy atom. The molecule has 2 aromatic rings. The second-order valence-electron chi connectivity index (χ2n) is 3.53. The van der Waals surface area contributed by atoms with E-state index in [1.807, 2.05) is 18.2 Å². The van der Waals surface area contributed by atoms with Gasteiger partial charge in [0, 0.05) is 6.54 Å². The first-order valence-corrected chi connectivity index (χ1v) is 5.36. The molecule has 0 fully saturated rings. The molecule has 0 heterocycles. The van der Waals surface area contributed by atoms with Gasteiger partial charge in [0.15, 0.2) is 0 Å². The zero-order chi connectivity index (χ0) is 13.5. The minimum atomic E-state index is -1.12. The number of aliphatic hydroxyl groups is 1. The molecule has 0 atom stereocenters. The van der Waals surface area contributed by atoms with Crippen molar-refractivity contribution in [1.29, 1.82) is 0 Å². The Morgan fingerprint density at radius 3 is 2.05 bits per heavy atom. The van der Waals surface area contributed by atoms with Crippen molar-refractivity contribution >= 4 is 29.1 Å². The molecule has 0 radical (unpaired) electrons. The van der Waals surface area contributed by atoms with Crippen LogP contribution in [-0.4, -0.2) is 34.4 Å². The molecular formula is C13H16ClNO4. The van der Waals surface area contributed by atoms with Crippen LogP contribution >= 0.6 is 12.4 Å². The van der Waals surface area contributed by atoms with Crippen LogP contribution in [0.1, 0.15) is 10.4 Å². The van der Waals surface area contributed by atoms with Crippen LogP contribution in [0, 0.1) is 0 Å². The first-order valence-electron chi connectivity index (χ1n) is 5.36. The molecule has 6 heteroatoms. The summed E-state index contributed by atoms with van der Waals surface area (Å²) in [5, 5.41) is 27.5. The maximum absolute atomic E-state index is 10.7. The highest BCUT2D eigenvalue weighted by Crippen LogP contribution is 2.24. The highest BCUT2D eigenvalue weighted by molar-refractivity contribution is 5.97. The number of carboxylic acid groups (broad SMARTS) is 1. The van der Waals surface area contributed by atoms with E-state index in [0.29, 0.717) is 6.54 Å². The van der Waals surface area contributed by atoms with E-state index in [2.05, 4.69) is 0 Å². The molecule has 0 saturated heterocycles. The Balaban J connectivity index is 0.000000576. The number of carboxylic acids is 1. The van der Waals surface area contributed by atoms with Crippen LogP contribution in [-0.2, 0) is 0 Å². The smallest absolute Gasteiger partial charge is 0.339 e. The lowest BCUT2D eigenvalue weighted by Crippen LogP contribution is -2.02. The van der Waals surface area contributed by atoms with Gasteiger partial charge in [-0.1, -0.05) is 24.3 Å². The summed E-state index contributed by atoms with van der Waals surface area (Å²) in [5.41, 5.74) is 4.71. The van der Waals surface area contributed by atoms with Crippen molar-refractivity contribution in [2.24, 2.45) is 5.73 Å². The molecule has 0 aliphatic rings. The number of aromatic hydroxyl groups is 1. The lowest BCUT2D eigenvalue weighted by molar-refractivity contribution is 0.0694. The van der Waals surface area contributed by atoms with Gasteiger partial charge in [-0.3, -0.25) is 0 Å². The zero-order valence-electron chi connectivity index (χ0n) is 10.1. The zero-order valence-corrected chi connectivity index (χ0v) is 10.9. The number of fused-ring (bicyclic) bond motifs is 1. The van der Waals surface area contributed by atoms with Gasteiger partial charge in [-0.15, -0.1) is 12.4 Å². The van der Waals surface area contributed by atoms with Crippen molar-refractivity contribution in [3.05, 3.63) is 42.0 Å². The average molecular weight is 286 g/mol. The minimum absolute atomic E-state index is 0. The van der Waals surface area contributed by atoms with Crippen LogP contribution in [0.2, 0.25) is 0 Å². The van der Waals surface area contributed by atoms with E-state index in [1.165, 1.54) is 12.1 Å². The van der Waals surface area contributed by atoms with E-state index in [4.69, 9.17) is 15.9 Å². The summed E-state index contributed by atoms with van der Waals surface area (Å²) in [7, 11) is 0. The van der Waals surface area contributed by atoms with Gasteiger partial charge in [-0.25, -0.2) is 4.79 Å². The van der Waals surface area contributed by atoms with Crippen molar-refractivity contribution in [3.8, 4) is 5.75 Å². The number of phenols is 1. The maximum atomic E-state index is 10.7. The molecule has 0 aliphatic carbocycles. The standard InChI is InChI=1S/C11H8O3.C2H7NO.ClH/c12-10-6-8-4-2-1-3-7(8)5-9(10)11(13)14;3-1-2-4;/h1-6,12H,(H,13,14);4H,1-3H2;1H. The second kappa shape index (κ2) is 8.31. The molecule has 0 amide bonds. The number of halogens is 1. The molecular weight excluding hydrogens is 270 g/mol. The van der Waals surface area contributed by atoms with Crippen molar-refractivity contribution in [2.45, 2.75) is 0 Å². The number of benzene rings is 2. The third kappa shape index (κ3) is 4.75. The normalized spacial score (nSPS) is 9.16. The highest BCUT2D eigenvalue weighted by atomic mass is 35.5. The Labute approximate surface area is 116 Å². The van der Waals surface area contributed by atoms with Crippen LogP contribution < -0.4 is 5.73 Å². The van der Waals surface area contributed by atoms with E-state index in [9.17, 15) is 9.90 Å². The predicted molar refractivity (Wildman–Crippen MR) is 76.0 cm³/mol. The molecule has 5 N–H and O–H groups in total. The van der Waals surface area contributed by atoms with Gasteiger partial charge in [0.05, 0.1) is 6.61 Å². The van der Waals surface area contributed by atoms with E-state index >= 15 is 0 Å². The summed E-state index contributed by atoms with van der Waals surface area (Å²) in [5.74, 6) is -1.32. The molecule has 0 spiro atoms. The molecule has 5 nitrogen and oxygen atoms in total. The molecule has 2 rings (SSSR count). The molecule has 0 aromatic heterocycles. The summed E-state index contributed by atoms with van der Waals surface area (Å²) in [6.45, 7) is 0.472. The van der Waals surface area contributed by atoms with Crippen LogP contribution in [0.3, 0.4) is 0 Å². The van der Waals surface area contributed by atoms with Crippen LogP contribution in [0.15, 0.2) is 36.4 Å². The Hall–Kier alpha value is -1.82. The molecule has 0 bridgehead atoms. The average Bonchev–Trinajstić information content (AvgIpc) is 2.38. The van der Waals surface area contributed by atoms with E-state index in [0.717, 1.165) is 10.8 Å². The van der Waals surface area contributed by atoms with Gasteiger partial charge in [0.1, 0.15) is 11.3 Å². The third-order valence-electron chi connectivity index (χ3n) is 2.22. The minimum Gasteiger partial charge on any atom is -0.507 e. The Kier molecular flexibility index (Phi) is 7.52. The second-order valence-corrected chi connectivity index (χ2v) is 3.53. The van der Waals surface area contributed by atoms with Crippen molar-refractivity contribution in [1.82, 2.24) is 0 Å². The number of aromatic carboxylic acids is 1. The summed E-state index contributed by atoms with van der Waals surface area (Å²) in [6.07, 6.45) is 0. The molecule has 2 aromatic carbocycles. The van der Waals surface area contributed by atoms with E-state index in [1.54, 1.807) is 6.07 Å². The van der Waals surface area contributed by atoms with Gasteiger partial charge in [-0.2, -0.15) is 0 Å². The predicted octanol–water partition coefficient (Wildman–Crippen LogP) is 1.60. The van der Waals surface area contributed by atoms with Crippen molar-refractivity contribution in [2.75, 3.05) is 13.2 Å². The van der Waals surface area contributed by atoms with E-state index in [-0.39, 0.29) is 30.3 Å². The van der Waals surface area contributed by atoms with E-state index < -0.39 is 5.97 Å². The first-order chi connectivity index (χ1) is 8.60. The van der Waals surface area contributed by atoms with Gasteiger partial charge in [-0.05, 0) is 22.9 Å². The van der Waals surface area contributed by atoms with Crippen molar-refractivity contribution < 1.29 is 20.1 Å². The topological polar surface area (TPSA) is 104 Å². The SMILES string of the molecule is Cl.NCCO.O=C(O)c1cc2ccccc2cc1O. The van der Waals surface area contributed by atoms with Gasteiger partial charge in [0.2, 0.25) is 0 Å². The third-order valence-corrected chi connectivity index (χ3v) is 2.22. The maximum Gasteiger partial charge on any atom is 0.339 e. The van der Waals surface area contributed by atoms with Crippen LogP contribution in [0.25, 0.3) is 10.8 Å². The van der Waals surface area contributed by atoms with Gasteiger partial charge >= 0.3 is 5.97 Å². The molecule has 0 unspecified atom stereocenters. The number of hydrogen-bond donors (Lipinski definition) is 4. The fourth-order valence-corrected chi connectivity index (χ4v) is 1.40. The van der Waals surface area contributed by atoms with Gasteiger partial charge < -0.3 is 21.1 Å². The lowest BCUT2D eigenvalue weighted by Gasteiger charge is -2.02. The number of aliphatic hydroxyl groups excluding tert-OH is 1. The lowest BCUT2D eigenvalue weighted by atomic mass is 10.1. The molecule has 104 valence electrons. The molecule has 19 heavy (non-hydrogen) atoms. The first kappa shape index (κ1) is 17.2. The number of rotatable bonds is 2. The number of nitrogens with two attached hydrogens (primary N) is 1. The Bertz CT molecular complexity index is 543. The highest BCUT2D eigenvalue weighted by Gasteiger charge is 2.09. The van der Waals surface area contributed by atoms with Crippen LogP contribution in [0.4, 0.5) is 0 Å². The molecule has 0 aliphatic heterocycles. The largest absolute Gasteiger partial charge is 0.507 e. The summed E-state index contributed by atoms with van der Waals surface area (Å²) in [6, 6.07) is 10.2.